The van der Waals surface area contributed by atoms with Crippen LogP contribution in [-0.2, 0) is 4.79 Å². The molecule has 0 bridgehead atoms. The third-order valence-electron chi connectivity index (χ3n) is 5.21. The zero-order valence-electron chi connectivity index (χ0n) is 16.4. The number of nitrogens with zero attached hydrogens (tertiary/aromatic N) is 6. The molecule has 3 aromatic heterocycles. The van der Waals surface area contributed by atoms with Gasteiger partial charge < -0.3 is 10.2 Å². The van der Waals surface area contributed by atoms with Gasteiger partial charge in [-0.25, -0.2) is 9.97 Å². The number of thioether (sulfide) groups is 1. The fourth-order valence-corrected chi connectivity index (χ4v) is 4.19. The van der Waals surface area contributed by atoms with Gasteiger partial charge in [0, 0.05) is 31.7 Å². The van der Waals surface area contributed by atoms with Crippen LogP contribution in [0.1, 0.15) is 31.1 Å². The largest absolute Gasteiger partial charge is 0.346 e. The Bertz CT molecular complexity index is 948. The molecule has 8 nitrogen and oxygen atoms in total. The van der Waals surface area contributed by atoms with E-state index >= 15 is 0 Å². The lowest BCUT2D eigenvalue weighted by molar-refractivity contribution is -0.126. The topological polar surface area (TPSA) is 88.3 Å². The Morgan fingerprint density at radius 2 is 2.14 bits per heavy atom. The van der Waals surface area contributed by atoms with Crippen molar-refractivity contribution in [2.24, 2.45) is 5.92 Å². The van der Waals surface area contributed by atoms with Crippen molar-refractivity contribution in [1.82, 2.24) is 29.9 Å². The summed E-state index contributed by atoms with van der Waals surface area (Å²) in [6.07, 6.45) is 10.1. The molecule has 1 aliphatic rings. The van der Waals surface area contributed by atoms with E-state index in [1.807, 2.05) is 28.8 Å². The number of aromatic nitrogens is 5. The fraction of sp³-hybridized carbons (Fsp3) is 0.450. The Balaban J connectivity index is 1.49. The number of hydrogen-bond donors (Lipinski definition) is 1. The van der Waals surface area contributed by atoms with Crippen molar-refractivity contribution in [1.29, 1.82) is 0 Å². The molecular weight excluding hydrogens is 386 g/mol. The summed E-state index contributed by atoms with van der Waals surface area (Å²) in [5, 5.41) is 11.9. The lowest BCUT2D eigenvalue weighted by Crippen LogP contribution is -2.44. The van der Waals surface area contributed by atoms with Gasteiger partial charge in [0.25, 0.3) is 0 Å². The van der Waals surface area contributed by atoms with Gasteiger partial charge in [0.2, 0.25) is 11.9 Å². The Morgan fingerprint density at radius 3 is 2.97 bits per heavy atom. The normalized spacial score (nSPS) is 18.0. The van der Waals surface area contributed by atoms with Crippen LogP contribution in [0.5, 0.6) is 0 Å². The maximum Gasteiger partial charge on any atom is 0.225 e. The number of pyridine rings is 1. The molecule has 3 aromatic rings. The van der Waals surface area contributed by atoms with Crippen LogP contribution in [0.15, 0.2) is 42.9 Å². The molecule has 2 atom stereocenters. The van der Waals surface area contributed by atoms with Crippen molar-refractivity contribution in [3.63, 3.8) is 0 Å². The number of piperidine rings is 1. The van der Waals surface area contributed by atoms with Gasteiger partial charge in [-0.1, -0.05) is 6.07 Å². The van der Waals surface area contributed by atoms with Crippen LogP contribution in [0.25, 0.3) is 5.65 Å². The second-order valence-electron chi connectivity index (χ2n) is 7.16. The summed E-state index contributed by atoms with van der Waals surface area (Å²) in [6, 6.07) is 7.44. The number of fused-ring (bicyclic) bond motifs is 1. The van der Waals surface area contributed by atoms with E-state index in [1.165, 1.54) is 0 Å². The second-order valence-corrected chi connectivity index (χ2v) is 8.15. The van der Waals surface area contributed by atoms with Gasteiger partial charge in [0.1, 0.15) is 0 Å². The highest BCUT2D eigenvalue weighted by Crippen LogP contribution is 2.23. The summed E-state index contributed by atoms with van der Waals surface area (Å²) in [5.41, 5.74) is 0.788. The zero-order chi connectivity index (χ0) is 20.1. The molecule has 4 rings (SSSR count). The number of carbonyl (C=O) groups excluding carboxylic acids is 1. The molecule has 0 unspecified atom stereocenters. The average molecular weight is 412 g/mol. The van der Waals surface area contributed by atoms with Crippen molar-refractivity contribution in [2.45, 2.75) is 25.3 Å². The van der Waals surface area contributed by atoms with Crippen LogP contribution in [0, 0.1) is 5.92 Å². The maximum absolute atomic E-state index is 13.1. The Kier molecular flexibility index (Phi) is 6.24. The monoisotopic (exact) mass is 411 g/mol. The van der Waals surface area contributed by atoms with Crippen LogP contribution in [-0.4, -0.2) is 55.6 Å². The van der Waals surface area contributed by atoms with Gasteiger partial charge in [-0.2, -0.15) is 11.8 Å². The van der Waals surface area contributed by atoms with E-state index in [2.05, 4.69) is 36.6 Å². The molecule has 1 amide bonds. The SMILES string of the molecule is CSCC[C@H](NC(=O)[C@H]1CCCN(c2ncccn2)C1)c1nnc2ccccn12. The Morgan fingerprint density at radius 1 is 1.28 bits per heavy atom. The number of nitrogens with one attached hydrogen (secondary N) is 1. The molecule has 1 aliphatic heterocycles. The molecule has 152 valence electrons. The second kappa shape index (κ2) is 9.21. The summed E-state index contributed by atoms with van der Waals surface area (Å²) in [4.78, 5) is 23.9. The summed E-state index contributed by atoms with van der Waals surface area (Å²) in [5.74, 6) is 2.36. The molecule has 0 saturated carbocycles. The van der Waals surface area contributed by atoms with E-state index in [9.17, 15) is 4.79 Å². The highest BCUT2D eigenvalue weighted by Gasteiger charge is 2.29. The smallest absolute Gasteiger partial charge is 0.225 e. The van der Waals surface area contributed by atoms with Crippen LogP contribution in [0.2, 0.25) is 0 Å². The van der Waals surface area contributed by atoms with Crippen molar-refractivity contribution in [3.05, 3.63) is 48.7 Å². The first-order chi connectivity index (χ1) is 14.3. The average Bonchev–Trinajstić information content (AvgIpc) is 3.21. The minimum Gasteiger partial charge on any atom is -0.346 e. The highest BCUT2D eigenvalue weighted by molar-refractivity contribution is 7.98. The van der Waals surface area contributed by atoms with E-state index < -0.39 is 0 Å². The first-order valence-electron chi connectivity index (χ1n) is 9.87. The number of rotatable bonds is 7. The minimum atomic E-state index is -0.171. The third-order valence-corrected chi connectivity index (χ3v) is 5.85. The number of carbonyl (C=O) groups is 1. The number of hydrogen-bond acceptors (Lipinski definition) is 7. The van der Waals surface area contributed by atoms with Gasteiger partial charge in [-0.05, 0) is 49.5 Å². The summed E-state index contributed by atoms with van der Waals surface area (Å²) < 4.78 is 1.95. The highest BCUT2D eigenvalue weighted by atomic mass is 32.2. The lowest BCUT2D eigenvalue weighted by Gasteiger charge is -2.32. The maximum atomic E-state index is 13.1. The lowest BCUT2D eigenvalue weighted by atomic mass is 9.96. The van der Waals surface area contributed by atoms with E-state index in [0.717, 1.165) is 43.0 Å². The minimum absolute atomic E-state index is 0.0596. The van der Waals surface area contributed by atoms with Crippen molar-refractivity contribution >= 4 is 29.3 Å². The summed E-state index contributed by atoms with van der Waals surface area (Å²) >= 11 is 1.76. The molecule has 0 aliphatic carbocycles. The molecular formula is C20H25N7OS. The Labute approximate surface area is 174 Å². The molecule has 1 fully saturated rings. The number of amides is 1. The predicted molar refractivity (Wildman–Crippen MR) is 114 cm³/mol. The molecule has 1 saturated heterocycles. The molecule has 1 N–H and O–H groups in total. The molecule has 9 heteroatoms. The summed E-state index contributed by atoms with van der Waals surface area (Å²) in [6.45, 7) is 1.50. The predicted octanol–water partition coefficient (Wildman–Crippen LogP) is 2.35. The van der Waals surface area contributed by atoms with Crippen LogP contribution < -0.4 is 10.2 Å². The van der Waals surface area contributed by atoms with Gasteiger partial charge >= 0.3 is 0 Å². The van der Waals surface area contributed by atoms with Crippen LogP contribution >= 0.6 is 11.8 Å². The van der Waals surface area contributed by atoms with Gasteiger partial charge in [0.05, 0.1) is 12.0 Å². The molecule has 0 aromatic carbocycles. The fourth-order valence-electron chi connectivity index (χ4n) is 3.72. The van der Waals surface area contributed by atoms with E-state index in [1.54, 1.807) is 30.2 Å². The first kappa shape index (κ1) is 19.6. The molecule has 4 heterocycles. The van der Waals surface area contributed by atoms with Crippen molar-refractivity contribution in [2.75, 3.05) is 30.0 Å². The van der Waals surface area contributed by atoms with Crippen LogP contribution in [0.3, 0.4) is 0 Å². The summed E-state index contributed by atoms with van der Waals surface area (Å²) in [7, 11) is 0. The van der Waals surface area contributed by atoms with E-state index in [0.29, 0.717) is 12.5 Å². The van der Waals surface area contributed by atoms with Crippen molar-refractivity contribution in [3.8, 4) is 0 Å². The van der Waals surface area contributed by atoms with Crippen LogP contribution in [0.4, 0.5) is 5.95 Å². The van der Waals surface area contributed by atoms with E-state index in [-0.39, 0.29) is 17.9 Å². The molecule has 0 spiro atoms. The first-order valence-corrected chi connectivity index (χ1v) is 11.3. The molecule has 0 radical (unpaired) electrons. The third kappa shape index (κ3) is 4.50. The van der Waals surface area contributed by atoms with E-state index in [4.69, 9.17) is 0 Å². The van der Waals surface area contributed by atoms with Gasteiger partial charge in [-0.15, -0.1) is 10.2 Å². The Hall–Kier alpha value is -2.68. The quantitative estimate of drug-likeness (QED) is 0.638. The zero-order valence-corrected chi connectivity index (χ0v) is 17.3. The molecule has 29 heavy (non-hydrogen) atoms. The van der Waals surface area contributed by atoms with Crippen molar-refractivity contribution < 1.29 is 4.79 Å². The van der Waals surface area contributed by atoms with Gasteiger partial charge in [-0.3, -0.25) is 9.20 Å². The standard InChI is InChI=1S/C20H25N7OS/c1-29-13-8-16(18-25-24-17-7-2-3-12-27(17)18)23-19(28)15-6-4-11-26(14-15)20-21-9-5-10-22-20/h2-3,5,7,9-10,12,15-16H,4,6,8,11,13-14H2,1H3,(H,23,28)/t15-,16-/m0/s1. The number of anilines is 1. The van der Waals surface area contributed by atoms with Gasteiger partial charge in [0.15, 0.2) is 11.5 Å².